The molecule has 10 heteroatoms. The number of methoxy groups -OCH3 is 2. The van der Waals surface area contributed by atoms with Crippen LogP contribution >= 0.6 is 12.2 Å². The Morgan fingerprint density at radius 3 is 2.68 bits per heavy atom. The first-order valence-electron chi connectivity index (χ1n) is 8.40. The molecule has 0 saturated carbocycles. The average Bonchev–Trinajstić information content (AvgIpc) is 2.88. The van der Waals surface area contributed by atoms with Gasteiger partial charge < -0.3 is 19.5 Å². The molecule has 2 rings (SSSR count). The second-order valence-corrected chi connectivity index (χ2v) is 6.36. The second-order valence-electron chi connectivity index (χ2n) is 5.97. The molecule has 1 amide bonds. The number of ether oxygens (including phenoxy) is 3. The summed E-state index contributed by atoms with van der Waals surface area (Å²) in [7, 11) is 2.99. The third-order valence-electron chi connectivity index (χ3n) is 3.83. The minimum atomic E-state index is -4.41. The molecular formula is C18H21F3N2O4S. The van der Waals surface area contributed by atoms with Crippen molar-refractivity contribution in [2.75, 3.05) is 34.0 Å². The Morgan fingerprint density at radius 1 is 1.29 bits per heavy atom. The summed E-state index contributed by atoms with van der Waals surface area (Å²) in [6.07, 6.45) is -2.19. The Bertz CT molecular complexity index is 753. The van der Waals surface area contributed by atoms with E-state index in [1.807, 2.05) is 0 Å². The van der Waals surface area contributed by atoms with Crippen molar-refractivity contribution in [1.29, 1.82) is 0 Å². The molecule has 28 heavy (non-hydrogen) atoms. The zero-order valence-electron chi connectivity index (χ0n) is 15.5. The van der Waals surface area contributed by atoms with Crippen LogP contribution in [0.3, 0.4) is 0 Å². The summed E-state index contributed by atoms with van der Waals surface area (Å²) >= 11 is 5.18. The van der Waals surface area contributed by atoms with E-state index >= 15 is 0 Å². The Balaban J connectivity index is 2.13. The van der Waals surface area contributed by atoms with Crippen LogP contribution in [0.5, 0.6) is 5.75 Å². The maximum absolute atomic E-state index is 12.5. The quantitative estimate of drug-likeness (QED) is 0.378. The van der Waals surface area contributed by atoms with Crippen molar-refractivity contribution < 1.29 is 32.2 Å². The van der Waals surface area contributed by atoms with Crippen molar-refractivity contribution in [2.45, 2.75) is 19.2 Å². The first-order valence-corrected chi connectivity index (χ1v) is 8.81. The fraction of sp³-hybridized carbons (Fsp3) is 0.444. The summed E-state index contributed by atoms with van der Waals surface area (Å²) in [4.78, 5) is 13.9. The molecule has 0 aromatic heterocycles. The number of thiocarbonyl (C=S) groups is 1. The van der Waals surface area contributed by atoms with Gasteiger partial charge in [-0.3, -0.25) is 9.69 Å². The Morgan fingerprint density at radius 2 is 2.04 bits per heavy atom. The standard InChI is InChI=1S/C18H21F3N2O4S/c1-25-7-3-6-23-16(24)14(22-17(23)28)9-12-4-5-15(26-2)13(8-12)10-27-11-18(19,20)21/h4-5,8-9H,3,6-7,10-11H2,1-2H3,(H,22,28)/b14-9+. The average molecular weight is 418 g/mol. The highest BCUT2D eigenvalue weighted by molar-refractivity contribution is 7.80. The number of benzene rings is 1. The third kappa shape index (κ3) is 6.18. The minimum Gasteiger partial charge on any atom is -0.496 e. The van der Waals surface area contributed by atoms with Crippen molar-refractivity contribution in [1.82, 2.24) is 10.2 Å². The minimum absolute atomic E-state index is 0.271. The lowest BCUT2D eigenvalue weighted by Crippen LogP contribution is -2.32. The monoisotopic (exact) mass is 418 g/mol. The lowest BCUT2D eigenvalue weighted by atomic mass is 10.1. The van der Waals surface area contributed by atoms with Crippen molar-refractivity contribution in [3.8, 4) is 5.75 Å². The summed E-state index contributed by atoms with van der Waals surface area (Å²) in [5.41, 5.74) is 1.32. The lowest BCUT2D eigenvalue weighted by Gasteiger charge is -2.13. The SMILES string of the molecule is COCCCN1C(=O)/C(=C\c2ccc(OC)c(COCC(F)(F)F)c2)NC1=S. The normalized spacial score (nSPS) is 16.0. The van der Waals surface area contributed by atoms with Gasteiger partial charge in [0.25, 0.3) is 5.91 Å². The van der Waals surface area contributed by atoms with Crippen LogP contribution in [-0.4, -0.2) is 56.1 Å². The zero-order chi connectivity index (χ0) is 20.7. The Labute approximate surface area is 166 Å². The van der Waals surface area contributed by atoms with E-state index in [9.17, 15) is 18.0 Å². The van der Waals surface area contributed by atoms with E-state index in [2.05, 4.69) is 5.32 Å². The van der Waals surface area contributed by atoms with E-state index in [0.29, 0.717) is 41.6 Å². The molecular weight excluding hydrogens is 397 g/mol. The van der Waals surface area contributed by atoms with Crippen LogP contribution in [0, 0.1) is 0 Å². The van der Waals surface area contributed by atoms with E-state index in [1.165, 1.54) is 12.0 Å². The van der Waals surface area contributed by atoms with Gasteiger partial charge in [-0.25, -0.2) is 0 Å². The van der Waals surface area contributed by atoms with Gasteiger partial charge >= 0.3 is 6.18 Å². The molecule has 1 saturated heterocycles. The summed E-state index contributed by atoms with van der Waals surface area (Å²) in [6, 6.07) is 4.89. The number of carbonyl (C=O) groups is 1. The number of rotatable bonds is 9. The fourth-order valence-electron chi connectivity index (χ4n) is 2.59. The van der Waals surface area contributed by atoms with Gasteiger partial charge in [0.2, 0.25) is 0 Å². The molecule has 0 radical (unpaired) electrons. The van der Waals surface area contributed by atoms with Gasteiger partial charge in [-0.05, 0) is 42.4 Å². The molecule has 1 aliphatic heterocycles. The topological polar surface area (TPSA) is 60.0 Å². The lowest BCUT2D eigenvalue weighted by molar-refractivity contribution is -0.176. The maximum Gasteiger partial charge on any atom is 0.411 e. The van der Waals surface area contributed by atoms with Crippen molar-refractivity contribution >= 4 is 29.3 Å². The van der Waals surface area contributed by atoms with E-state index in [1.54, 1.807) is 31.4 Å². The van der Waals surface area contributed by atoms with Gasteiger partial charge in [0.15, 0.2) is 5.11 Å². The highest BCUT2D eigenvalue weighted by Gasteiger charge is 2.30. The summed E-state index contributed by atoms with van der Waals surface area (Å²) < 4.78 is 51.7. The molecule has 1 aromatic rings. The van der Waals surface area contributed by atoms with Gasteiger partial charge in [-0.2, -0.15) is 13.2 Å². The van der Waals surface area contributed by atoms with Crippen LogP contribution < -0.4 is 10.1 Å². The number of halogens is 3. The van der Waals surface area contributed by atoms with Crippen LogP contribution in [0.15, 0.2) is 23.9 Å². The number of alkyl halides is 3. The van der Waals surface area contributed by atoms with Crippen LogP contribution in [0.2, 0.25) is 0 Å². The predicted molar refractivity (Wildman–Crippen MR) is 101 cm³/mol. The molecule has 1 N–H and O–H groups in total. The molecule has 1 aliphatic rings. The number of hydrogen-bond donors (Lipinski definition) is 1. The van der Waals surface area contributed by atoms with Crippen molar-refractivity contribution in [2.24, 2.45) is 0 Å². The van der Waals surface area contributed by atoms with E-state index in [-0.39, 0.29) is 18.2 Å². The maximum atomic E-state index is 12.5. The molecule has 154 valence electrons. The number of carbonyl (C=O) groups excluding carboxylic acids is 1. The van der Waals surface area contributed by atoms with E-state index in [0.717, 1.165) is 0 Å². The molecule has 0 aliphatic carbocycles. The first kappa shape index (κ1) is 22.1. The number of nitrogens with zero attached hydrogens (tertiary/aromatic N) is 1. The summed E-state index contributed by atoms with van der Waals surface area (Å²) in [5, 5.41) is 3.16. The molecule has 6 nitrogen and oxygen atoms in total. The van der Waals surface area contributed by atoms with Crippen LogP contribution in [0.25, 0.3) is 6.08 Å². The van der Waals surface area contributed by atoms with Crippen LogP contribution in [0.1, 0.15) is 17.5 Å². The first-order chi connectivity index (χ1) is 13.2. The summed E-state index contributed by atoms with van der Waals surface area (Å²) in [6.45, 7) is -0.699. The second kappa shape index (κ2) is 9.85. The van der Waals surface area contributed by atoms with Crippen LogP contribution in [-0.2, 0) is 20.9 Å². The van der Waals surface area contributed by atoms with Crippen LogP contribution in [0.4, 0.5) is 13.2 Å². The molecule has 1 aromatic carbocycles. The smallest absolute Gasteiger partial charge is 0.411 e. The predicted octanol–water partition coefficient (Wildman–Crippen LogP) is 2.87. The molecule has 0 bridgehead atoms. The van der Waals surface area contributed by atoms with Gasteiger partial charge in [-0.1, -0.05) is 6.07 Å². The van der Waals surface area contributed by atoms with Gasteiger partial charge in [-0.15, -0.1) is 0 Å². The Hall–Kier alpha value is -2.17. The number of nitrogens with one attached hydrogen (secondary N) is 1. The zero-order valence-corrected chi connectivity index (χ0v) is 16.3. The van der Waals surface area contributed by atoms with E-state index < -0.39 is 12.8 Å². The van der Waals surface area contributed by atoms with Crippen molar-refractivity contribution in [3.05, 3.63) is 35.0 Å². The van der Waals surface area contributed by atoms with Gasteiger partial charge in [0.05, 0.1) is 13.7 Å². The van der Waals surface area contributed by atoms with Gasteiger partial charge in [0, 0.05) is 25.8 Å². The van der Waals surface area contributed by atoms with E-state index in [4.69, 9.17) is 26.4 Å². The molecule has 0 atom stereocenters. The molecule has 0 unspecified atom stereocenters. The third-order valence-corrected chi connectivity index (χ3v) is 4.15. The highest BCUT2D eigenvalue weighted by Crippen LogP contribution is 2.24. The fourth-order valence-corrected chi connectivity index (χ4v) is 2.87. The highest BCUT2D eigenvalue weighted by atomic mass is 32.1. The van der Waals surface area contributed by atoms with Gasteiger partial charge in [0.1, 0.15) is 18.1 Å². The number of hydrogen-bond acceptors (Lipinski definition) is 5. The summed E-state index contributed by atoms with van der Waals surface area (Å²) in [5.74, 6) is 0.124. The molecule has 1 heterocycles. The molecule has 0 spiro atoms. The largest absolute Gasteiger partial charge is 0.496 e. The molecule has 1 fully saturated rings. The van der Waals surface area contributed by atoms with Crippen molar-refractivity contribution in [3.63, 3.8) is 0 Å². The number of amides is 1. The Kier molecular flexibility index (Phi) is 7.78.